The predicted molar refractivity (Wildman–Crippen MR) is 133 cm³/mol. The van der Waals surface area contributed by atoms with Crippen molar-refractivity contribution in [3.63, 3.8) is 0 Å². The monoisotopic (exact) mass is 506 g/mol. The molecule has 0 aromatic rings. The first kappa shape index (κ1) is 29.2. The number of carbonyl (C=O) groups is 1. The van der Waals surface area contributed by atoms with E-state index in [-0.39, 0.29) is 29.7 Å². The van der Waals surface area contributed by atoms with Crippen LogP contribution < -0.4 is 24.0 Å². The minimum Gasteiger partial charge on any atom is -0.537 e. The van der Waals surface area contributed by atoms with Crippen molar-refractivity contribution in [1.29, 1.82) is 0 Å². The first-order valence-corrected chi connectivity index (χ1v) is 14.2. The molecule has 4 unspecified atom stereocenters. The summed E-state index contributed by atoms with van der Waals surface area (Å²) in [6.45, 7) is 10.8. The van der Waals surface area contributed by atoms with Gasteiger partial charge in [0.05, 0.1) is 13.2 Å². The Kier molecular flexibility index (Phi) is 8.68. The van der Waals surface area contributed by atoms with Crippen molar-refractivity contribution in [2.75, 3.05) is 19.8 Å². The molecule has 0 aromatic carbocycles. The van der Waals surface area contributed by atoms with Crippen LogP contribution in [0.1, 0.15) is 91.9 Å². The molecule has 0 aromatic heterocycles. The van der Waals surface area contributed by atoms with Gasteiger partial charge in [-0.3, -0.25) is 0 Å². The average molecular weight is 507 g/mol. The number of ether oxygens (including phenoxy) is 4. The van der Waals surface area contributed by atoms with Crippen LogP contribution in [0.25, 0.3) is 0 Å². The third-order valence-corrected chi connectivity index (χ3v) is 10.6. The molecule has 0 bridgehead atoms. The van der Waals surface area contributed by atoms with Gasteiger partial charge >= 0.3 is 18.9 Å². The van der Waals surface area contributed by atoms with Gasteiger partial charge in [0.15, 0.2) is 12.1 Å². The number of unbranched alkanes of at least 4 members (excludes halogenated alkanes) is 1. The van der Waals surface area contributed by atoms with E-state index in [9.17, 15) is 9.90 Å². The van der Waals surface area contributed by atoms with Crippen molar-refractivity contribution < 1.29 is 47.7 Å². The van der Waals surface area contributed by atoms with Gasteiger partial charge in [0, 0.05) is 24.9 Å². The van der Waals surface area contributed by atoms with E-state index < -0.39 is 23.6 Å². The fourth-order valence-corrected chi connectivity index (χ4v) is 8.64. The molecular weight excluding hydrogens is 463 g/mol. The molecule has 0 radical (unpaired) electrons. The van der Waals surface area contributed by atoms with Crippen LogP contribution in [-0.2, 0) is 23.7 Å². The number of carboxylic acid groups (broad SMARTS) is 1. The summed E-state index contributed by atoms with van der Waals surface area (Å²) in [5.41, 5.74) is 0.635. The van der Waals surface area contributed by atoms with E-state index >= 15 is 0 Å². The second kappa shape index (κ2) is 11.0. The van der Waals surface area contributed by atoms with Crippen molar-refractivity contribution in [2.45, 2.75) is 110 Å². The molecule has 7 atom stereocenters. The zero-order chi connectivity index (χ0) is 25.6. The van der Waals surface area contributed by atoms with E-state index in [1.54, 1.807) is 0 Å². The third-order valence-electron chi connectivity index (χ3n) is 10.6. The Morgan fingerprint density at radius 1 is 1.16 bits per heavy atom. The van der Waals surface area contributed by atoms with E-state index in [0.29, 0.717) is 37.6 Å². The fourth-order valence-electron chi connectivity index (χ4n) is 8.64. The van der Waals surface area contributed by atoms with Crippen molar-refractivity contribution in [1.82, 2.24) is 0 Å². The van der Waals surface area contributed by atoms with Crippen molar-refractivity contribution in [3.05, 3.63) is 11.6 Å². The normalized spacial score (nSPS) is 40.3. The van der Waals surface area contributed by atoms with Gasteiger partial charge < -0.3 is 28.8 Å². The Morgan fingerprint density at radius 3 is 2.59 bits per heavy atom. The topological polar surface area (TPSA) is 77.1 Å². The first-order chi connectivity index (χ1) is 17.2. The number of carboxylic acids is 1. The molecule has 200 valence electrons. The van der Waals surface area contributed by atoms with E-state index in [4.69, 9.17) is 18.9 Å². The van der Waals surface area contributed by atoms with Crippen LogP contribution in [0.3, 0.4) is 0 Å². The minimum atomic E-state index is -1.34. The predicted octanol–water partition coefficient (Wildman–Crippen LogP) is 1.37. The second-order valence-corrected chi connectivity index (χ2v) is 12.3. The number of carbonyl (C=O) groups excluding carboxylic acids is 1. The molecule has 3 saturated carbocycles. The fraction of sp³-hybridized carbons (Fsp3) is 0.833. The zero-order valence-electron chi connectivity index (χ0n) is 23.5. The maximum absolute atomic E-state index is 11.4. The SMILES string of the molecule is CCCCOC(C)O[C@@]1(C#CC(=O)[O-])CCC2C3CC=C4CC5(CC[C@]4(C)C3CC[C@@]21C)OCCO5.[Li+]. The molecule has 1 saturated heterocycles. The van der Waals surface area contributed by atoms with Gasteiger partial charge in [0.2, 0.25) is 0 Å². The Labute approximate surface area is 234 Å². The van der Waals surface area contributed by atoms with Crippen LogP contribution in [0.5, 0.6) is 0 Å². The minimum absolute atomic E-state index is 0. The van der Waals surface area contributed by atoms with Crippen molar-refractivity contribution in [2.24, 2.45) is 28.6 Å². The summed E-state index contributed by atoms with van der Waals surface area (Å²) in [6.07, 6.45) is 11.9. The third kappa shape index (κ3) is 4.99. The zero-order valence-corrected chi connectivity index (χ0v) is 23.5. The Balaban J connectivity index is 0.00000320. The van der Waals surface area contributed by atoms with E-state index in [0.717, 1.165) is 64.2 Å². The van der Waals surface area contributed by atoms with Crippen LogP contribution >= 0.6 is 0 Å². The molecule has 4 fully saturated rings. The second-order valence-electron chi connectivity index (χ2n) is 12.3. The van der Waals surface area contributed by atoms with Crippen molar-refractivity contribution >= 4 is 5.97 Å². The molecule has 0 amide bonds. The van der Waals surface area contributed by atoms with Gasteiger partial charge in [-0.1, -0.05) is 44.8 Å². The molecule has 37 heavy (non-hydrogen) atoms. The standard InChI is InChI=1S/C30H44O6.Li/c1-5-6-17-33-21(2)36-29(14-11-26(31)32)13-10-25-23-8-7-22-20-30(34-18-19-35-30)16-15-27(22,3)24(23)9-12-28(25,29)4;/h7,21,23-25H,5-6,8-10,12-13,15-20H2,1-4H3,(H,31,32);/q;+1/p-1/t21?,23?,24?,25?,27-,28-,29+;/m0./s1. The molecule has 5 rings (SSSR count). The van der Waals surface area contributed by atoms with Gasteiger partial charge in [0.25, 0.3) is 0 Å². The van der Waals surface area contributed by atoms with Crippen LogP contribution in [0.15, 0.2) is 11.6 Å². The van der Waals surface area contributed by atoms with E-state index in [1.807, 2.05) is 6.92 Å². The molecule has 5 aliphatic rings. The van der Waals surface area contributed by atoms with Gasteiger partial charge in [-0.25, -0.2) is 0 Å². The van der Waals surface area contributed by atoms with Gasteiger partial charge in [-0.05, 0) is 81.0 Å². The molecule has 6 nitrogen and oxygen atoms in total. The summed E-state index contributed by atoms with van der Waals surface area (Å²) in [5, 5.41) is 11.4. The van der Waals surface area contributed by atoms with Gasteiger partial charge in [-0.15, -0.1) is 0 Å². The molecule has 4 aliphatic carbocycles. The molecule has 0 N–H and O–H groups in total. The van der Waals surface area contributed by atoms with Crippen LogP contribution in [0, 0.1) is 40.4 Å². The summed E-state index contributed by atoms with van der Waals surface area (Å²) in [4.78, 5) is 11.4. The molecule has 1 heterocycles. The molecule has 1 aliphatic heterocycles. The maximum Gasteiger partial charge on any atom is 1.00 e. The summed E-state index contributed by atoms with van der Waals surface area (Å²) in [5.74, 6) is 5.28. The molecule has 1 spiro atoms. The summed E-state index contributed by atoms with van der Waals surface area (Å²) in [6, 6.07) is 0. The smallest absolute Gasteiger partial charge is 0.537 e. The number of fused-ring (bicyclic) bond motifs is 5. The van der Waals surface area contributed by atoms with Gasteiger partial charge in [0.1, 0.15) is 11.6 Å². The first-order valence-electron chi connectivity index (χ1n) is 14.2. The van der Waals surface area contributed by atoms with Gasteiger partial charge in [-0.2, -0.15) is 0 Å². The number of rotatable bonds is 6. The summed E-state index contributed by atoms with van der Waals surface area (Å²) < 4.78 is 24.7. The average Bonchev–Trinajstić information content (AvgIpc) is 3.41. The summed E-state index contributed by atoms with van der Waals surface area (Å²) in [7, 11) is 0. The van der Waals surface area contributed by atoms with Crippen LogP contribution in [0.2, 0.25) is 0 Å². The van der Waals surface area contributed by atoms with Crippen molar-refractivity contribution in [3.8, 4) is 11.8 Å². The molecular formula is C30H43LiO6. The summed E-state index contributed by atoms with van der Waals surface area (Å²) >= 11 is 0. The Hall–Kier alpha value is -0.793. The van der Waals surface area contributed by atoms with Crippen LogP contribution in [-0.4, -0.2) is 43.5 Å². The quantitative estimate of drug-likeness (QED) is 0.178. The Bertz CT molecular complexity index is 947. The van der Waals surface area contributed by atoms with Crippen LogP contribution in [0.4, 0.5) is 0 Å². The molecule has 7 heteroatoms. The Morgan fingerprint density at radius 2 is 1.89 bits per heavy atom. The maximum atomic E-state index is 11.4. The largest absolute Gasteiger partial charge is 1.00 e. The number of hydrogen-bond acceptors (Lipinski definition) is 6. The number of aliphatic carboxylic acids is 1. The van der Waals surface area contributed by atoms with E-state index in [2.05, 4.69) is 38.7 Å². The van der Waals surface area contributed by atoms with E-state index in [1.165, 1.54) is 5.57 Å². The number of allylic oxidation sites excluding steroid dienone is 1. The number of hydrogen-bond donors (Lipinski definition) is 0.